The minimum atomic E-state index is -0.782. The Morgan fingerprint density at radius 2 is 1.68 bits per heavy atom. The first kappa shape index (κ1) is 14.0. The molecule has 0 aliphatic heterocycles. The van der Waals surface area contributed by atoms with Crippen molar-refractivity contribution in [2.24, 2.45) is 0 Å². The highest BCUT2D eigenvalue weighted by atomic mass is 35.5. The summed E-state index contributed by atoms with van der Waals surface area (Å²) in [7, 11) is 0. The Morgan fingerprint density at radius 3 is 2.32 bits per heavy atom. The van der Waals surface area contributed by atoms with Gasteiger partial charge in [0.1, 0.15) is 11.6 Å². The number of benzene rings is 2. The van der Waals surface area contributed by atoms with E-state index in [4.69, 9.17) is 23.2 Å². The van der Waals surface area contributed by atoms with E-state index in [2.05, 4.69) is 0 Å². The van der Waals surface area contributed by atoms with E-state index in [1.807, 2.05) is 0 Å². The molecule has 0 saturated heterocycles. The van der Waals surface area contributed by atoms with Gasteiger partial charge in [-0.3, -0.25) is 4.79 Å². The van der Waals surface area contributed by atoms with E-state index in [-0.39, 0.29) is 21.7 Å². The maximum atomic E-state index is 13.7. The molecule has 0 atom stereocenters. The third kappa shape index (κ3) is 2.77. The molecule has 2 aromatic rings. The van der Waals surface area contributed by atoms with Crippen molar-refractivity contribution in [1.29, 1.82) is 0 Å². The molecule has 0 saturated carbocycles. The van der Waals surface area contributed by atoms with Crippen molar-refractivity contribution < 1.29 is 13.6 Å². The van der Waals surface area contributed by atoms with E-state index in [0.717, 1.165) is 12.1 Å². The Morgan fingerprint density at radius 1 is 1.00 bits per heavy atom. The normalized spacial score (nSPS) is 10.6. The van der Waals surface area contributed by atoms with E-state index in [9.17, 15) is 13.6 Å². The van der Waals surface area contributed by atoms with Gasteiger partial charge >= 0.3 is 0 Å². The summed E-state index contributed by atoms with van der Waals surface area (Å²) in [4.78, 5) is 12.1. The molecular weight excluding hydrogens is 293 g/mol. The van der Waals surface area contributed by atoms with Crippen LogP contribution >= 0.6 is 23.2 Å². The molecule has 2 rings (SSSR count). The van der Waals surface area contributed by atoms with Crippen LogP contribution in [0.3, 0.4) is 0 Å². The van der Waals surface area contributed by atoms with Crippen molar-refractivity contribution in [1.82, 2.24) is 0 Å². The summed E-state index contributed by atoms with van der Waals surface area (Å²) in [5, 5.41) is 0.454. The molecule has 2 aromatic carbocycles. The minimum Gasteiger partial charge on any atom is -0.288 e. The molecule has 0 bridgehead atoms. The lowest BCUT2D eigenvalue weighted by molar-refractivity contribution is 0.103. The van der Waals surface area contributed by atoms with Crippen LogP contribution in [-0.4, -0.2) is 5.78 Å². The van der Waals surface area contributed by atoms with Gasteiger partial charge in [0.25, 0.3) is 0 Å². The molecule has 1 nitrogen and oxygen atoms in total. The number of hydrogen-bond acceptors (Lipinski definition) is 1. The van der Waals surface area contributed by atoms with E-state index >= 15 is 0 Å². The summed E-state index contributed by atoms with van der Waals surface area (Å²) < 4.78 is 27.1. The summed E-state index contributed by atoms with van der Waals surface area (Å²) in [6, 6.07) is 6.07. The Labute approximate surface area is 118 Å². The monoisotopic (exact) mass is 300 g/mol. The van der Waals surface area contributed by atoms with E-state index in [1.54, 1.807) is 0 Å². The fraction of sp³-hybridized carbons (Fsp3) is 0.0714. The lowest BCUT2D eigenvalue weighted by Crippen LogP contribution is -2.06. The average molecular weight is 301 g/mol. The van der Waals surface area contributed by atoms with Crippen LogP contribution in [0.15, 0.2) is 30.3 Å². The number of ketones is 1. The van der Waals surface area contributed by atoms with Crippen LogP contribution in [-0.2, 0) is 0 Å². The largest absolute Gasteiger partial charge is 0.288 e. The second-order valence-corrected chi connectivity index (χ2v) is 4.88. The first-order valence-electron chi connectivity index (χ1n) is 5.35. The van der Waals surface area contributed by atoms with Gasteiger partial charge in [-0.25, -0.2) is 8.78 Å². The van der Waals surface area contributed by atoms with Crippen LogP contribution in [0, 0.1) is 18.6 Å². The Balaban J connectivity index is 2.53. The van der Waals surface area contributed by atoms with Gasteiger partial charge in [-0.15, -0.1) is 0 Å². The SMILES string of the molecule is Cc1cc(F)c(C(=O)c2ccc(Cl)cc2Cl)cc1F. The number of carbonyl (C=O) groups excluding carboxylic acids is 1. The smallest absolute Gasteiger partial charge is 0.197 e. The van der Waals surface area contributed by atoms with Gasteiger partial charge in [-0.1, -0.05) is 23.2 Å². The number of carbonyl (C=O) groups is 1. The van der Waals surface area contributed by atoms with Crippen LogP contribution in [0.2, 0.25) is 10.0 Å². The van der Waals surface area contributed by atoms with Gasteiger partial charge in [-0.05, 0) is 42.8 Å². The number of rotatable bonds is 2. The van der Waals surface area contributed by atoms with Crippen LogP contribution < -0.4 is 0 Å². The number of hydrogen-bond donors (Lipinski definition) is 0. The first-order chi connectivity index (χ1) is 8.90. The van der Waals surface area contributed by atoms with Gasteiger partial charge in [0.15, 0.2) is 5.78 Å². The third-order valence-corrected chi connectivity index (χ3v) is 3.22. The number of halogens is 4. The maximum Gasteiger partial charge on any atom is 0.197 e. The van der Waals surface area contributed by atoms with Gasteiger partial charge in [0, 0.05) is 10.6 Å². The molecular formula is C14H8Cl2F2O. The predicted octanol–water partition coefficient (Wildman–Crippen LogP) is 4.81. The lowest BCUT2D eigenvalue weighted by Gasteiger charge is -2.07. The molecule has 0 unspecified atom stereocenters. The highest BCUT2D eigenvalue weighted by Gasteiger charge is 2.18. The van der Waals surface area contributed by atoms with Crippen molar-refractivity contribution in [2.75, 3.05) is 0 Å². The zero-order valence-electron chi connectivity index (χ0n) is 9.81. The van der Waals surface area contributed by atoms with Crippen LogP contribution in [0.4, 0.5) is 8.78 Å². The summed E-state index contributed by atoms with van der Waals surface area (Å²) in [5.74, 6) is -2.11. The van der Waals surface area contributed by atoms with Gasteiger partial charge in [-0.2, -0.15) is 0 Å². The quantitative estimate of drug-likeness (QED) is 0.727. The van der Waals surface area contributed by atoms with Crippen LogP contribution in [0.5, 0.6) is 0 Å². The summed E-state index contributed by atoms with van der Waals surface area (Å²) >= 11 is 11.6. The van der Waals surface area contributed by atoms with Gasteiger partial charge < -0.3 is 0 Å². The summed E-state index contributed by atoms with van der Waals surface area (Å²) in [6.07, 6.45) is 0. The molecule has 0 amide bonds. The molecule has 0 aliphatic rings. The Bertz CT molecular complexity index is 669. The molecule has 0 fully saturated rings. The molecule has 0 aliphatic carbocycles. The van der Waals surface area contributed by atoms with Crippen molar-refractivity contribution in [3.63, 3.8) is 0 Å². The van der Waals surface area contributed by atoms with Crippen molar-refractivity contribution in [3.8, 4) is 0 Å². The molecule has 0 aromatic heterocycles. The van der Waals surface area contributed by atoms with E-state index in [1.165, 1.54) is 25.1 Å². The fourth-order valence-electron chi connectivity index (χ4n) is 1.64. The number of aryl methyl sites for hydroxylation is 1. The topological polar surface area (TPSA) is 17.1 Å². The standard InChI is InChI=1S/C14H8Cl2F2O/c1-7-4-13(18)10(6-12(7)17)14(19)9-3-2-8(15)5-11(9)16/h2-6H,1H3. The van der Waals surface area contributed by atoms with E-state index in [0.29, 0.717) is 5.02 Å². The highest BCUT2D eigenvalue weighted by molar-refractivity contribution is 6.37. The van der Waals surface area contributed by atoms with Crippen LogP contribution in [0.1, 0.15) is 21.5 Å². The fourth-order valence-corrected chi connectivity index (χ4v) is 2.13. The third-order valence-electron chi connectivity index (χ3n) is 2.67. The van der Waals surface area contributed by atoms with Crippen molar-refractivity contribution >= 4 is 29.0 Å². The molecule has 0 spiro atoms. The van der Waals surface area contributed by atoms with E-state index < -0.39 is 17.4 Å². The zero-order chi connectivity index (χ0) is 14.2. The lowest BCUT2D eigenvalue weighted by atomic mass is 10.0. The molecule has 98 valence electrons. The second kappa shape index (κ2) is 5.27. The van der Waals surface area contributed by atoms with Crippen LogP contribution in [0.25, 0.3) is 0 Å². The van der Waals surface area contributed by atoms with Gasteiger partial charge in [0.2, 0.25) is 0 Å². The minimum absolute atomic E-state index is 0.0771. The Hall–Kier alpha value is -1.45. The van der Waals surface area contributed by atoms with Crippen molar-refractivity contribution in [3.05, 3.63) is 68.7 Å². The molecule has 0 heterocycles. The molecule has 5 heteroatoms. The summed E-state index contributed by atoms with van der Waals surface area (Å²) in [5.41, 5.74) is -0.142. The average Bonchev–Trinajstić information content (AvgIpc) is 2.33. The maximum absolute atomic E-state index is 13.7. The molecule has 0 N–H and O–H groups in total. The van der Waals surface area contributed by atoms with Crippen molar-refractivity contribution in [2.45, 2.75) is 6.92 Å². The first-order valence-corrected chi connectivity index (χ1v) is 6.11. The molecule has 19 heavy (non-hydrogen) atoms. The van der Waals surface area contributed by atoms with Gasteiger partial charge in [0.05, 0.1) is 10.6 Å². The zero-order valence-corrected chi connectivity index (χ0v) is 11.3. The highest BCUT2D eigenvalue weighted by Crippen LogP contribution is 2.25. The molecule has 0 radical (unpaired) electrons. The second-order valence-electron chi connectivity index (χ2n) is 4.03. The predicted molar refractivity (Wildman–Crippen MR) is 71.0 cm³/mol. The summed E-state index contributed by atoms with van der Waals surface area (Å²) in [6.45, 7) is 1.42. The Kier molecular flexibility index (Phi) is 3.88.